The molecule has 40 heavy (non-hydrogen) atoms. The normalized spacial score (nSPS) is 12.4. The van der Waals surface area contributed by atoms with Crippen molar-refractivity contribution in [2.24, 2.45) is 0 Å². The van der Waals surface area contributed by atoms with Gasteiger partial charge in [0, 0.05) is 12.1 Å². The maximum Gasteiger partial charge on any atom is 0.408 e. The number of carbonyl (C=O) groups excluding carboxylic acids is 2. The predicted molar refractivity (Wildman–Crippen MR) is 154 cm³/mol. The van der Waals surface area contributed by atoms with Gasteiger partial charge in [-0.25, -0.2) is 4.79 Å². The first-order chi connectivity index (χ1) is 19.3. The third-order valence-electron chi connectivity index (χ3n) is 5.71. The number of allylic oxidation sites excluding steroid dienone is 1. The van der Waals surface area contributed by atoms with E-state index in [0.717, 1.165) is 5.56 Å². The number of alkyl carbamates (subject to hydrolysis) is 1. The highest BCUT2D eigenvalue weighted by Crippen LogP contribution is 2.48. The maximum absolute atomic E-state index is 13.6. The van der Waals surface area contributed by atoms with Crippen LogP contribution in [-0.2, 0) is 36.2 Å². The van der Waals surface area contributed by atoms with E-state index in [1.165, 1.54) is 12.1 Å². The van der Waals surface area contributed by atoms with E-state index in [4.69, 9.17) is 13.8 Å². The fraction of sp³-hybridized carbons (Fsp3) is 0.267. The molecule has 0 saturated heterocycles. The summed E-state index contributed by atoms with van der Waals surface area (Å²) in [4.78, 5) is 26.3. The van der Waals surface area contributed by atoms with E-state index in [-0.39, 0.29) is 38.2 Å². The molecule has 0 heterocycles. The number of rotatable bonds is 14. The predicted octanol–water partition coefficient (Wildman–Crippen LogP) is 5.65. The SMILES string of the molecule is CCOP(=O)(C/C=C(/NC(=O)[C@H](Cc1ccc(O)cc1)NC(=O)OCc1ccccc1)c1ccccc1)OCC. The van der Waals surface area contributed by atoms with Crippen molar-refractivity contribution in [3.63, 3.8) is 0 Å². The zero-order valence-corrected chi connectivity index (χ0v) is 23.5. The standard InChI is InChI=1S/C30H35N2O7P/c1-3-38-40(36,39-4-2)20-19-27(25-13-9-6-10-14-25)31-29(34)28(21-23-15-17-26(33)18-16-23)32-30(35)37-22-24-11-7-5-8-12-24/h5-19,28,33H,3-4,20-22H2,1-2H3,(H,31,34)(H,32,35)/b27-19+/t28-/m0/s1. The van der Waals surface area contributed by atoms with Gasteiger partial charge in [-0.3, -0.25) is 9.36 Å². The van der Waals surface area contributed by atoms with Crippen LogP contribution in [0.1, 0.15) is 30.5 Å². The van der Waals surface area contributed by atoms with Crippen molar-refractivity contribution in [2.45, 2.75) is 32.9 Å². The lowest BCUT2D eigenvalue weighted by Crippen LogP contribution is -2.47. The Kier molecular flexibility index (Phi) is 12.0. The minimum atomic E-state index is -3.42. The Morgan fingerprint density at radius 3 is 2.08 bits per heavy atom. The van der Waals surface area contributed by atoms with Crippen molar-refractivity contribution in [3.8, 4) is 5.75 Å². The molecule has 0 unspecified atom stereocenters. The van der Waals surface area contributed by atoms with Gasteiger partial charge in [-0.05, 0) is 48.7 Å². The summed E-state index contributed by atoms with van der Waals surface area (Å²) in [6.07, 6.45) is 0.912. The average molecular weight is 567 g/mol. The van der Waals surface area contributed by atoms with E-state index in [0.29, 0.717) is 16.8 Å². The van der Waals surface area contributed by atoms with Crippen molar-refractivity contribution in [3.05, 3.63) is 108 Å². The molecule has 0 radical (unpaired) electrons. The second kappa shape index (κ2) is 15.6. The van der Waals surface area contributed by atoms with Crippen LogP contribution < -0.4 is 10.6 Å². The Bertz CT molecular complexity index is 1290. The molecule has 0 saturated carbocycles. The van der Waals surface area contributed by atoms with Crippen molar-refractivity contribution in [2.75, 3.05) is 19.4 Å². The number of amides is 2. The molecule has 3 aromatic rings. The quantitative estimate of drug-likeness (QED) is 0.215. The minimum absolute atomic E-state index is 0.0412. The second-order valence-corrected chi connectivity index (χ2v) is 10.8. The van der Waals surface area contributed by atoms with Gasteiger partial charge < -0.3 is 29.5 Å². The first-order valence-corrected chi connectivity index (χ1v) is 14.7. The third kappa shape index (κ3) is 10.0. The van der Waals surface area contributed by atoms with Crippen molar-refractivity contribution < 1.29 is 33.0 Å². The largest absolute Gasteiger partial charge is 0.508 e. The topological polar surface area (TPSA) is 123 Å². The molecule has 0 aliphatic heterocycles. The first-order valence-electron chi connectivity index (χ1n) is 13.0. The van der Waals surface area contributed by atoms with Crippen LogP contribution in [0.5, 0.6) is 5.75 Å². The smallest absolute Gasteiger partial charge is 0.408 e. The van der Waals surface area contributed by atoms with Gasteiger partial charge in [-0.2, -0.15) is 0 Å². The Labute approximate surface area is 234 Å². The number of ether oxygens (including phenoxy) is 1. The zero-order chi connectivity index (χ0) is 28.8. The Morgan fingerprint density at radius 2 is 1.48 bits per heavy atom. The summed E-state index contributed by atoms with van der Waals surface area (Å²) in [5.41, 5.74) is 2.58. The lowest BCUT2D eigenvalue weighted by atomic mass is 10.0. The number of nitrogens with one attached hydrogen (secondary N) is 2. The molecule has 3 aromatic carbocycles. The molecule has 0 aliphatic carbocycles. The van der Waals surface area contributed by atoms with Gasteiger partial charge in [0.15, 0.2) is 0 Å². The van der Waals surface area contributed by atoms with Gasteiger partial charge >= 0.3 is 13.7 Å². The van der Waals surface area contributed by atoms with E-state index < -0.39 is 25.6 Å². The summed E-state index contributed by atoms with van der Waals surface area (Å²) in [5.74, 6) is -0.426. The van der Waals surface area contributed by atoms with Crippen LogP contribution in [0.15, 0.2) is 91.0 Å². The summed E-state index contributed by atoms with van der Waals surface area (Å²) in [6.45, 7) is 3.92. The number of hydrogen-bond acceptors (Lipinski definition) is 7. The Balaban J connectivity index is 1.82. The second-order valence-electron chi connectivity index (χ2n) is 8.73. The van der Waals surface area contributed by atoms with E-state index in [9.17, 15) is 19.3 Å². The van der Waals surface area contributed by atoms with Gasteiger partial charge in [-0.15, -0.1) is 0 Å². The van der Waals surface area contributed by atoms with Crippen molar-refractivity contribution in [1.82, 2.24) is 10.6 Å². The molecule has 1 atom stereocenters. The molecule has 3 N–H and O–H groups in total. The van der Waals surface area contributed by atoms with Crippen LogP contribution in [0.3, 0.4) is 0 Å². The Hall–Kier alpha value is -3.91. The maximum atomic E-state index is 13.6. The highest BCUT2D eigenvalue weighted by Gasteiger charge is 2.25. The number of carbonyl (C=O) groups is 2. The van der Waals surface area contributed by atoms with Gasteiger partial charge in [0.05, 0.1) is 19.4 Å². The fourth-order valence-electron chi connectivity index (χ4n) is 3.80. The molecule has 0 spiro atoms. The lowest BCUT2D eigenvalue weighted by molar-refractivity contribution is -0.121. The van der Waals surface area contributed by atoms with Gasteiger partial charge in [0.2, 0.25) is 5.91 Å². The molecule has 0 aliphatic rings. The monoisotopic (exact) mass is 566 g/mol. The first kappa shape index (κ1) is 30.6. The van der Waals surface area contributed by atoms with Gasteiger partial charge in [0.25, 0.3) is 0 Å². The van der Waals surface area contributed by atoms with Crippen molar-refractivity contribution in [1.29, 1.82) is 0 Å². The molecular formula is C30H35N2O7P. The number of aromatic hydroxyl groups is 1. The van der Waals surface area contributed by atoms with Crippen LogP contribution in [0.25, 0.3) is 5.70 Å². The molecule has 0 fully saturated rings. The summed E-state index contributed by atoms with van der Waals surface area (Å²) in [5, 5.41) is 15.2. The van der Waals surface area contributed by atoms with Crippen molar-refractivity contribution >= 4 is 25.3 Å². The molecule has 9 nitrogen and oxygen atoms in total. The fourth-order valence-corrected chi connectivity index (χ4v) is 5.28. The number of phenols is 1. The van der Waals surface area contributed by atoms with E-state index in [1.807, 2.05) is 48.5 Å². The Morgan fingerprint density at radius 1 is 0.875 bits per heavy atom. The molecule has 2 amide bonds. The van der Waals surface area contributed by atoms with Crippen LogP contribution >= 0.6 is 7.60 Å². The molecular weight excluding hydrogens is 531 g/mol. The third-order valence-corrected chi connectivity index (χ3v) is 7.64. The van der Waals surface area contributed by atoms with Crippen LogP contribution in [0, 0.1) is 0 Å². The molecule has 212 valence electrons. The molecule has 3 rings (SSSR count). The van der Waals surface area contributed by atoms with Crippen LogP contribution in [0.2, 0.25) is 0 Å². The lowest BCUT2D eigenvalue weighted by Gasteiger charge is -2.21. The van der Waals surface area contributed by atoms with E-state index >= 15 is 0 Å². The highest BCUT2D eigenvalue weighted by atomic mass is 31.2. The van der Waals surface area contributed by atoms with E-state index in [1.54, 1.807) is 44.2 Å². The summed E-state index contributed by atoms with van der Waals surface area (Å²) >= 11 is 0. The summed E-state index contributed by atoms with van der Waals surface area (Å²) < 4.78 is 29.2. The zero-order valence-electron chi connectivity index (χ0n) is 22.6. The van der Waals surface area contributed by atoms with Gasteiger partial charge in [-0.1, -0.05) is 72.8 Å². The highest BCUT2D eigenvalue weighted by molar-refractivity contribution is 7.54. The number of hydrogen-bond donors (Lipinski definition) is 3. The molecule has 10 heteroatoms. The molecule has 0 aromatic heterocycles. The summed E-state index contributed by atoms with van der Waals surface area (Å²) in [6, 6.07) is 23.6. The van der Waals surface area contributed by atoms with Gasteiger partial charge in [0.1, 0.15) is 18.4 Å². The van der Waals surface area contributed by atoms with E-state index in [2.05, 4.69) is 10.6 Å². The number of phenolic OH excluding ortho intramolecular Hbond substituents is 1. The summed E-state index contributed by atoms with van der Waals surface area (Å²) in [7, 11) is -3.42. The van der Waals surface area contributed by atoms with Crippen LogP contribution in [-0.4, -0.2) is 42.5 Å². The molecule has 0 bridgehead atoms. The average Bonchev–Trinajstić information content (AvgIpc) is 2.96. The number of benzene rings is 3. The minimum Gasteiger partial charge on any atom is -0.508 e. The van der Waals surface area contributed by atoms with Crippen LogP contribution in [0.4, 0.5) is 4.79 Å².